The summed E-state index contributed by atoms with van der Waals surface area (Å²) in [4.78, 5) is 24.5. The number of amides is 1. The highest BCUT2D eigenvalue weighted by molar-refractivity contribution is 5.85. The molecular weight excluding hydrogens is 294 g/mol. The molecule has 1 aromatic carbocycles. The number of likely N-dealkylation sites (tertiary alicyclic amines) is 1. The van der Waals surface area contributed by atoms with Gasteiger partial charge in [-0.1, -0.05) is 18.2 Å². The summed E-state index contributed by atoms with van der Waals surface area (Å²) in [5, 5.41) is 14.0. The number of halogens is 1. The van der Waals surface area contributed by atoms with Gasteiger partial charge in [-0.15, -0.1) is 12.4 Å². The van der Waals surface area contributed by atoms with Crippen LogP contribution in [-0.4, -0.2) is 42.4 Å². The monoisotopic (exact) mass is 313 g/mol. The molecule has 6 nitrogen and oxygen atoms in total. The van der Waals surface area contributed by atoms with Crippen LogP contribution in [0.5, 0.6) is 0 Å². The van der Waals surface area contributed by atoms with Crippen LogP contribution in [0, 0.1) is 16.0 Å². The van der Waals surface area contributed by atoms with Crippen LogP contribution in [0.4, 0.5) is 5.69 Å². The average Bonchev–Trinajstić information content (AvgIpc) is 2.88. The van der Waals surface area contributed by atoms with E-state index >= 15 is 0 Å². The lowest BCUT2D eigenvalue weighted by Gasteiger charge is -2.16. The Labute approximate surface area is 130 Å². The number of nitro groups is 1. The molecule has 1 saturated heterocycles. The van der Waals surface area contributed by atoms with Crippen molar-refractivity contribution in [2.45, 2.75) is 12.8 Å². The molecule has 1 N–H and O–H groups in total. The zero-order chi connectivity index (χ0) is 14.5. The summed E-state index contributed by atoms with van der Waals surface area (Å²) in [6, 6.07) is 6.43. The van der Waals surface area contributed by atoms with Gasteiger partial charge >= 0.3 is 0 Å². The maximum absolute atomic E-state index is 12.2. The predicted molar refractivity (Wildman–Crippen MR) is 82.7 cm³/mol. The molecule has 1 heterocycles. The minimum atomic E-state index is -0.434. The van der Waals surface area contributed by atoms with Crippen LogP contribution in [0.3, 0.4) is 0 Å². The Kier molecular flexibility index (Phi) is 6.58. The van der Waals surface area contributed by atoms with Gasteiger partial charge in [-0.2, -0.15) is 0 Å². The fraction of sp³-hybridized carbons (Fsp3) is 0.500. The quantitative estimate of drug-likeness (QED) is 0.662. The molecule has 1 fully saturated rings. The zero-order valence-electron chi connectivity index (χ0n) is 11.9. The average molecular weight is 314 g/mol. The molecule has 0 radical (unpaired) electrons. The number of nitrogens with one attached hydrogen (secondary N) is 1. The van der Waals surface area contributed by atoms with Crippen molar-refractivity contribution in [1.82, 2.24) is 10.2 Å². The van der Waals surface area contributed by atoms with Crippen LogP contribution in [-0.2, 0) is 11.2 Å². The van der Waals surface area contributed by atoms with E-state index in [1.165, 1.54) is 6.07 Å². The number of hydrogen-bond donors (Lipinski definition) is 1. The van der Waals surface area contributed by atoms with E-state index in [2.05, 4.69) is 5.32 Å². The van der Waals surface area contributed by atoms with E-state index in [0.717, 1.165) is 26.1 Å². The number of carbonyl (C=O) groups is 1. The van der Waals surface area contributed by atoms with Crippen molar-refractivity contribution in [3.05, 3.63) is 39.9 Å². The van der Waals surface area contributed by atoms with Gasteiger partial charge in [0.05, 0.1) is 11.3 Å². The van der Waals surface area contributed by atoms with Gasteiger partial charge in [-0.05, 0) is 25.9 Å². The lowest BCUT2D eigenvalue weighted by Crippen LogP contribution is -2.31. The van der Waals surface area contributed by atoms with E-state index in [1.54, 1.807) is 23.1 Å². The van der Waals surface area contributed by atoms with Crippen molar-refractivity contribution in [1.29, 1.82) is 0 Å². The molecule has 21 heavy (non-hydrogen) atoms. The molecule has 1 amide bonds. The standard InChI is InChI=1S/C14H19N3O3.ClH/c1-15-9-11-6-7-16(10-11)14(18)8-12-4-2-3-5-13(12)17(19)20;/h2-5,11,15H,6-10H2,1H3;1H. The number of para-hydroxylation sites is 1. The minimum Gasteiger partial charge on any atom is -0.342 e. The number of carbonyl (C=O) groups excluding carboxylic acids is 1. The highest BCUT2D eigenvalue weighted by Crippen LogP contribution is 2.21. The third-order valence-corrected chi connectivity index (χ3v) is 3.66. The van der Waals surface area contributed by atoms with Crippen molar-refractivity contribution >= 4 is 24.0 Å². The van der Waals surface area contributed by atoms with Gasteiger partial charge in [0.25, 0.3) is 5.69 Å². The van der Waals surface area contributed by atoms with Crippen LogP contribution in [0.1, 0.15) is 12.0 Å². The van der Waals surface area contributed by atoms with E-state index in [0.29, 0.717) is 11.5 Å². The third-order valence-electron chi connectivity index (χ3n) is 3.66. The maximum atomic E-state index is 12.2. The second-order valence-corrected chi connectivity index (χ2v) is 5.11. The molecule has 0 saturated carbocycles. The second-order valence-electron chi connectivity index (χ2n) is 5.11. The molecule has 1 aromatic rings. The van der Waals surface area contributed by atoms with Crippen molar-refractivity contribution in [3.8, 4) is 0 Å². The van der Waals surface area contributed by atoms with Gasteiger partial charge in [0, 0.05) is 24.7 Å². The minimum absolute atomic E-state index is 0. The Morgan fingerprint density at radius 2 is 2.19 bits per heavy atom. The molecule has 0 bridgehead atoms. The first-order chi connectivity index (χ1) is 9.61. The molecule has 1 aliphatic heterocycles. The van der Waals surface area contributed by atoms with Crippen LogP contribution in [0.2, 0.25) is 0 Å². The summed E-state index contributed by atoms with van der Waals surface area (Å²) in [6.07, 6.45) is 1.09. The summed E-state index contributed by atoms with van der Waals surface area (Å²) >= 11 is 0. The number of hydrogen-bond acceptors (Lipinski definition) is 4. The summed E-state index contributed by atoms with van der Waals surface area (Å²) in [5.41, 5.74) is 0.506. The van der Waals surface area contributed by atoms with Gasteiger partial charge in [0.1, 0.15) is 0 Å². The fourth-order valence-corrected chi connectivity index (χ4v) is 2.63. The van der Waals surface area contributed by atoms with E-state index < -0.39 is 4.92 Å². The first-order valence-electron chi connectivity index (χ1n) is 6.76. The second kappa shape index (κ2) is 7.95. The zero-order valence-corrected chi connectivity index (χ0v) is 12.8. The molecule has 1 aliphatic rings. The van der Waals surface area contributed by atoms with Crippen molar-refractivity contribution < 1.29 is 9.72 Å². The third kappa shape index (κ3) is 4.41. The molecular formula is C14H20ClN3O3. The summed E-state index contributed by atoms with van der Waals surface area (Å²) in [7, 11) is 1.90. The van der Waals surface area contributed by atoms with E-state index in [1.807, 2.05) is 7.05 Å². The summed E-state index contributed by atoms with van der Waals surface area (Å²) in [5.74, 6) is 0.451. The van der Waals surface area contributed by atoms with Gasteiger partial charge < -0.3 is 10.2 Å². The molecule has 0 aliphatic carbocycles. The number of benzene rings is 1. The highest BCUT2D eigenvalue weighted by atomic mass is 35.5. The molecule has 2 rings (SSSR count). The Bertz CT molecular complexity index is 510. The summed E-state index contributed by atoms with van der Waals surface area (Å²) in [6.45, 7) is 2.38. The van der Waals surface area contributed by atoms with Gasteiger partial charge in [0.15, 0.2) is 0 Å². The smallest absolute Gasteiger partial charge is 0.273 e. The number of rotatable bonds is 5. The fourth-order valence-electron chi connectivity index (χ4n) is 2.63. The number of nitrogens with zero attached hydrogens (tertiary/aromatic N) is 2. The molecule has 1 atom stereocenters. The van der Waals surface area contributed by atoms with Gasteiger partial charge in [-0.25, -0.2) is 0 Å². The maximum Gasteiger partial charge on any atom is 0.273 e. The van der Waals surface area contributed by atoms with E-state index in [-0.39, 0.29) is 30.4 Å². The van der Waals surface area contributed by atoms with Crippen molar-refractivity contribution in [2.75, 3.05) is 26.7 Å². The van der Waals surface area contributed by atoms with Gasteiger partial charge in [0.2, 0.25) is 5.91 Å². The SMILES string of the molecule is CNCC1CCN(C(=O)Cc2ccccc2[N+](=O)[O-])C1.Cl. The molecule has 7 heteroatoms. The van der Waals surface area contributed by atoms with E-state index in [4.69, 9.17) is 0 Å². The number of nitro benzene ring substituents is 1. The largest absolute Gasteiger partial charge is 0.342 e. The van der Waals surface area contributed by atoms with Crippen LogP contribution in [0.25, 0.3) is 0 Å². The molecule has 0 spiro atoms. The topological polar surface area (TPSA) is 75.5 Å². The Morgan fingerprint density at radius 3 is 2.86 bits per heavy atom. The van der Waals surface area contributed by atoms with Crippen LogP contribution in [0.15, 0.2) is 24.3 Å². The molecule has 1 unspecified atom stereocenters. The first-order valence-corrected chi connectivity index (χ1v) is 6.76. The van der Waals surface area contributed by atoms with Crippen LogP contribution < -0.4 is 5.32 Å². The predicted octanol–water partition coefficient (Wildman–Crippen LogP) is 1.63. The van der Waals surface area contributed by atoms with Crippen LogP contribution >= 0.6 is 12.4 Å². The Balaban J connectivity index is 0.00000220. The van der Waals surface area contributed by atoms with Gasteiger partial charge in [-0.3, -0.25) is 14.9 Å². The highest BCUT2D eigenvalue weighted by Gasteiger charge is 2.27. The normalized spacial score (nSPS) is 17.4. The van der Waals surface area contributed by atoms with E-state index in [9.17, 15) is 14.9 Å². The molecule has 116 valence electrons. The Hall–Kier alpha value is -1.66. The first kappa shape index (κ1) is 17.4. The summed E-state index contributed by atoms with van der Waals surface area (Å²) < 4.78 is 0. The molecule has 0 aromatic heterocycles. The van der Waals surface area contributed by atoms with Crippen molar-refractivity contribution in [3.63, 3.8) is 0 Å². The van der Waals surface area contributed by atoms with Crippen molar-refractivity contribution in [2.24, 2.45) is 5.92 Å². The lowest BCUT2D eigenvalue weighted by molar-refractivity contribution is -0.385. The lowest BCUT2D eigenvalue weighted by atomic mass is 10.1. The Morgan fingerprint density at radius 1 is 1.48 bits per heavy atom.